The molecule has 3 unspecified atom stereocenters. The molecule has 2 rings (SSSR count). The van der Waals surface area contributed by atoms with Crippen LogP contribution in [0.4, 0.5) is 0 Å². The minimum Gasteiger partial charge on any atom is -0.374 e. The maximum Gasteiger partial charge on any atom is 0.0837 e. The average molecular weight is 296 g/mol. The fourth-order valence-electron chi connectivity index (χ4n) is 5.13. The Kier molecular flexibility index (Phi) is 6.55. The SMILES string of the molecule is CCOC1(C(NC)C2CCCCC2CC)CCC(C)CC1. The molecule has 0 spiro atoms. The van der Waals surface area contributed by atoms with Crippen molar-refractivity contribution in [2.24, 2.45) is 17.8 Å². The van der Waals surface area contributed by atoms with E-state index in [-0.39, 0.29) is 5.60 Å². The van der Waals surface area contributed by atoms with Crippen molar-refractivity contribution < 1.29 is 4.74 Å². The Morgan fingerprint density at radius 3 is 2.33 bits per heavy atom. The highest BCUT2D eigenvalue weighted by Gasteiger charge is 2.46. The Morgan fingerprint density at radius 2 is 1.76 bits per heavy atom. The third-order valence-corrected chi connectivity index (χ3v) is 6.35. The van der Waals surface area contributed by atoms with Crippen LogP contribution in [0.2, 0.25) is 0 Å². The molecule has 0 amide bonds. The van der Waals surface area contributed by atoms with E-state index >= 15 is 0 Å². The van der Waals surface area contributed by atoms with Crippen LogP contribution in [-0.4, -0.2) is 25.3 Å². The van der Waals surface area contributed by atoms with Gasteiger partial charge in [-0.3, -0.25) is 0 Å². The van der Waals surface area contributed by atoms with Crippen LogP contribution < -0.4 is 5.32 Å². The smallest absolute Gasteiger partial charge is 0.0837 e. The van der Waals surface area contributed by atoms with E-state index in [2.05, 4.69) is 33.1 Å². The van der Waals surface area contributed by atoms with Gasteiger partial charge in [-0.25, -0.2) is 0 Å². The molecule has 2 heteroatoms. The molecule has 0 bridgehead atoms. The summed E-state index contributed by atoms with van der Waals surface area (Å²) in [4.78, 5) is 0. The van der Waals surface area contributed by atoms with E-state index in [1.54, 1.807) is 0 Å². The van der Waals surface area contributed by atoms with E-state index in [9.17, 15) is 0 Å². The lowest BCUT2D eigenvalue weighted by Gasteiger charge is -2.50. The number of nitrogens with one attached hydrogen (secondary N) is 1. The van der Waals surface area contributed by atoms with Crippen molar-refractivity contribution in [3.63, 3.8) is 0 Å². The molecule has 0 aromatic carbocycles. The average Bonchev–Trinajstić information content (AvgIpc) is 2.52. The number of hydrogen-bond acceptors (Lipinski definition) is 2. The molecule has 0 aromatic heterocycles. The predicted octanol–water partition coefficient (Wildman–Crippen LogP) is 4.78. The molecule has 2 fully saturated rings. The third kappa shape index (κ3) is 3.82. The molecule has 0 heterocycles. The van der Waals surface area contributed by atoms with Crippen molar-refractivity contribution in [3.8, 4) is 0 Å². The number of hydrogen-bond donors (Lipinski definition) is 1. The maximum absolute atomic E-state index is 6.46. The van der Waals surface area contributed by atoms with E-state index in [4.69, 9.17) is 4.74 Å². The van der Waals surface area contributed by atoms with Gasteiger partial charge in [0.1, 0.15) is 0 Å². The van der Waals surface area contributed by atoms with E-state index in [0.29, 0.717) is 6.04 Å². The van der Waals surface area contributed by atoms with Gasteiger partial charge in [0.15, 0.2) is 0 Å². The maximum atomic E-state index is 6.46. The molecule has 0 aliphatic heterocycles. The van der Waals surface area contributed by atoms with E-state index in [1.165, 1.54) is 57.8 Å². The zero-order valence-electron chi connectivity index (χ0n) is 14.8. The first-order valence-corrected chi connectivity index (χ1v) is 9.48. The molecule has 3 atom stereocenters. The summed E-state index contributed by atoms with van der Waals surface area (Å²) in [6.45, 7) is 7.81. The van der Waals surface area contributed by atoms with Gasteiger partial charge in [0.2, 0.25) is 0 Å². The van der Waals surface area contributed by atoms with Crippen LogP contribution in [0, 0.1) is 17.8 Å². The fourth-order valence-corrected chi connectivity index (χ4v) is 5.13. The van der Waals surface area contributed by atoms with E-state index < -0.39 is 0 Å². The molecule has 2 nitrogen and oxygen atoms in total. The highest BCUT2D eigenvalue weighted by atomic mass is 16.5. The first-order chi connectivity index (χ1) is 10.2. The highest BCUT2D eigenvalue weighted by molar-refractivity contribution is 5.01. The molecule has 1 N–H and O–H groups in total. The molecule has 2 aliphatic rings. The topological polar surface area (TPSA) is 21.3 Å². The van der Waals surface area contributed by atoms with E-state index in [1.807, 2.05) is 0 Å². The van der Waals surface area contributed by atoms with Gasteiger partial charge in [-0.05, 0) is 63.8 Å². The minimum atomic E-state index is 0.103. The summed E-state index contributed by atoms with van der Waals surface area (Å²) in [5, 5.41) is 3.72. The first kappa shape index (κ1) is 17.3. The van der Waals surface area contributed by atoms with Crippen LogP contribution in [0.1, 0.15) is 78.6 Å². The molecule has 21 heavy (non-hydrogen) atoms. The highest BCUT2D eigenvalue weighted by Crippen LogP contribution is 2.44. The Bertz CT molecular complexity index is 296. The van der Waals surface area contributed by atoms with Crippen LogP contribution >= 0.6 is 0 Å². The van der Waals surface area contributed by atoms with Crippen molar-refractivity contribution in [1.82, 2.24) is 5.32 Å². The normalized spacial score (nSPS) is 39.1. The largest absolute Gasteiger partial charge is 0.374 e. The molecule has 0 radical (unpaired) electrons. The van der Waals surface area contributed by atoms with Gasteiger partial charge in [-0.15, -0.1) is 0 Å². The Balaban J connectivity index is 2.18. The lowest BCUT2D eigenvalue weighted by atomic mass is 9.65. The van der Waals surface area contributed by atoms with Gasteiger partial charge >= 0.3 is 0 Å². The van der Waals surface area contributed by atoms with Crippen molar-refractivity contribution in [1.29, 1.82) is 0 Å². The van der Waals surface area contributed by atoms with Crippen molar-refractivity contribution in [3.05, 3.63) is 0 Å². The Labute approximate surface area is 132 Å². The van der Waals surface area contributed by atoms with E-state index in [0.717, 1.165) is 24.4 Å². The first-order valence-electron chi connectivity index (χ1n) is 9.48. The second-order valence-electron chi connectivity index (χ2n) is 7.56. The summed E-state index contributed by atoms with van der Waals surface area (Å²) in [5.41, 5.74) is 0.103. The summed E-state index contributed by atoms with van der Waals surface area (Å²) in [6.07, 6.45) is 12.2. The molecular weight excluding hydrogens is 258 g/mol. The second kappa shape index (κ2) is 7.97. The van der Waals surface area contributed by atoms with Gasteiger partial charge in [0.25, 0.3) is 0 Å². The summed E-state index contributed by atoms with van der Waals surface area (Å²) >= 11 is 0. The van der Waals surface area contributed by atoms with Gasteiger partial charge in [0, 0.05) is 12.6 Å². The molecular formula is C19H37NO. The van der Waals surface area contributed by atoms with Gasteiger partial charge in [-0.2, -0.15) is 0 Å². The fraction of sp³-hybridized carbons (Fsp3) is 1.00. The summed E-state index contributed by atoms with van der Waals surface area (Å²) in [6, 6.07) is 0.551. The monoisotopic (exact) mass is 295 g/mol. The predicted molar refractivity (Wildman–Crippen MR) is 90.6 cm³/mol. The van der Waals surface area contributed by atoms with Gasteiger partial charge in [0.05, 0.1) is 5.60 Å². The molecule has 2 saturated carbocycles. The van der Waals surface area contributed by atoms with Crippen LogP contribution in [0.25, 0.3) is 0 Å². The summed E-state index contributed by atoms with van der Waals surface area (Å²) < 4.78 is 6.46. The van der Waals surface area contributed by atoms with Crippen molar-refractivity contribution in [2.45, 2.75) is 90.2 Å². The Morgan fingerprint density at radius 1 is 1.10 bits per heavy atom. The van der Waals surface area contributed by atoms with Crippen molar-refractivity contribution in [2.75, 3.05) is 13.7 Å². The van der Waals surface area contributed by atoms with Crippen LogP contribution in [0.3, 0.4) is 0 Å². The lowest BCUT2D eigenvalue weighted by Crippen LogP contribution is -2.58. The zero-order valence-corrected chi connectivity index (χ0v) is 14.8. The molecule has 124 valence electrons. The minimum absolute atomic E-state index is 0.103. The standard InChI is InChI=1S/C19H37NO/c1-5-16-9-7-8-10-17(16)18(20-4)19(21-6-2)13-11-15(3)12-14-19/h15-18,20H,5-14H2,1-4H3. The molecule has 2 aliphatic carbocycles. The number of rotatable bonds is 6. The molecule has 0 saturated heterocycles. The van der Waals surface area contributed by atoms with Crippen molar-refractivity contribution >= 4 is 0 Å². The van der Waals surface area contributed by atoms with Gasteiger partial charge in [-0.1, -0.05) is 39.5 Å². The lowest BCUT2D eigenvalue weighted by molar-refractivity contribution is -0.115. The Hall–Kier alpha value is -0.0800. The van der Waals surface area contributed by atoms with Gasteiger partial charge < -0.3 is 10.1 Å². The second-order valence-corrected chi connectivity index (χ2v) is 7.56. The molecule has 0 aromatic rings. The summed E-state index contributed by atoms with van der Waals surface area (Å²) in [5.74, 6) is 2.59. The number of likely N-dealkylation sites (N-methyl/N-ethyl adjacent to an activating group) is 1. The third-order valence-electron chi connectivity index (χ3n) is 6.35. The summed E-state index contributed by atoms with van der Waals surface area (Å²) in [7, 11) is 2.17. The van der Waals surface area contributed by atoms with Crippen LogP contribution in [0.15, 0.2) is 0 Å². The van der Waals surface area contributed by atoms with Crippen LogP contribution in [0.5, 0.6) is 0 Å². The zero-order chi connectivity index (χ0) is 15.3. The van der Waals surface area contributed by atoms with Crippen LogP contribution in [-0.2, 0) is 4.74 Å². The quantitative estimate of drug-likeness (QED) is 0.761. The number of ether oxygens (including phenoxy) is 1.